The third-order valence-corrected chi connectivity index (χ3v) is 14.5. The van der Waals surface area contributed by atoms with Gasteiger partial charge in [0.05, 0.1) is 22.7 Å². The first-order valence-corrected chi connectivity index (χ1v) is 17.9. The minimum Gasteiger partial charge on any atom is -0.393 e. The summed E-state index contributed by atoms with van der Waals surface area (Å²) in [6.45, 7) is 6.87. The highest BCUT2D eigenvalue weighted by molar-refractivity contribution is 7.90. The minimum atomic E-state index is -4.22. The highest BCUT2D eigenvalue weighted by Gasteiger charge is 2.60. The van der Waals surface area contributed by atoms with E-state index < -0.39 is 22.5 Å². The molecule has 3 N–H and O–H groups in total. The van der Waals surface area contributed by atoms with Crippen molar-refractivity contribution < 1.29 is 23.1 Å². The Morgan fingerprint density at radius 3 is 2.48 bits per heavy atom. The SMILES string of the molecule is C[C@H](CCC(=O)NCC(=O)NS(=O)(=O)c1cccc(Cl)c1Cl)C1CCC2C3CCC4C[C@H](O)CC[C@]4(C)C3CC[C@@]21C. The molecule has 1 aromatic carbocycles. The first kappa shape index (κ1) is 32.1. The summed E-state index contributed by atoms with van der Waals surface area (Å²) in [7, 11) is -4.22. The van der Waals surface area contributed by atoms with Gasteiger partial charge in [0, 0.05) is 6.42 Å². The van der Waals surface area contributed by atoms with E-state index in [1.165, 1.54) is 56.7 Å². The van der Waals surface area contributed by atoms with Crippen LogP contribution in [0.4, 0.5) is 0 Å². The molecular weight excluding hydrogens is 595 g/mol. The standard InChI is InChI=1S/C32H46Cl2N2O5S/c1-19(7-12-28(38)35-18-29(39)36-42(40,41)27-6-4-5-26(33)30(27)34)23-10-11-24-22-9-8-20-17-21(37)13-15-31(20,2)25(22)14-16-32(23,24)3/h4-6,19-25,37H,7-18H2,1-3H3,(H,35,38)(H,36,39)/t19-,20?,21-,22?,23?,24?,25?,31+,32-/m1/s1. The van der Waals surface area contributed by atoms with Gasteiger partial charge in [-0.1, -0.05) is 50.0 Å². The number of amides is 2. The fourth-order valence-corrected chi connectivity index (χ4v) is 11.7. The maximum atomic E-state index is 12.6. The van der Waals surface area contributed by atoms with Crippen LogP contribution in [0.3, 0.4) is 0 Å². The fraction of sp³-hybridized carbons (Fsp3) is 0.750. The van der Waals surface area contributed by atoms with E-state index in [9.17, 15) is 23.1 Å². The van der Waals surface area contributed by atoms with Gasteiger partial charge in [-0.15, -0.1) is 0 Å². The molecular formula is C32H46Cl2N2O5S. The Morgan fingerprint density at radius 2 is 1.71 bits per heavy atom. The van der Waals surface area contributed by atoms with Crippen LogP contribution in [0.1, 0.15) is 91.4 Å². The van der Waals surface area contributed by atoms with Gasteiger partial charge < -0.3 is 10.4 Å². The van der Waals surface area contributed by atoms with Crippen LogP contribution in [0.15, 0.2) is 23.1 Å². The number of fused-ring (bicyclic) bond motifs is 5. The van der Waals surface area contributed by atoms with Crippen molar-refractivity contribution in [3.05, 3.63) is 28.2 Å². The average Bonchev–Trinajstić information content (AvgIpc) is 3.29. The maximum Gasteiger partial charge on any atom is 0.265 e. The summed E-state index contributed by atoms with van der Waals surface area (Å²) in [5, 5.41) is 12.8. The van der Waals surface area contributed by atoms with E-state index in [0.29, 0.717) is 35.0 Å². The zero-order valence-electron chi connectivity index (χ0n) is 25.0. The molecule has 2 amide bonds. The molecule has 4 fully saturated rings. The lowest BCUT2D eigenvalue weighted by Crippen LogP contribution is -2.54. The summed E-state index contributed by atoms with van der Waals surface area (Å²) in [4.78, 5) is 24.7. The summed E-state index contributed by atoms with van der Waals surface area (Å²) in [6, 6.07) is 4.15. The van der Waals surface area contributed by atoms with Crippen LogP contribution in [0.25, 0.3) is 0 Å². The number of aliphatic hydroxyl groups excluding tert-OH is 1. The van der Waals surface area contributed by atoms with Crippen LogP contribution in [0.2, 0.25) is 10.0 Å². The monoisotopic (exact) mass is 640 g/mol. The van der Waals surface area contributed by atoms with E-state index in [1.54, 1.807) is 0 Å². The Bertz CT molecular complexity index is 1310. The van der Waals surface area contributed by atoms with Crippen molar-refractivity contribution in [3.63, 3.8) is 0 Å². The zero-order chi connectivity index (χ0) is 30.4. The number of aliphatic hydroxyl groups is 1. The van der Waals surface area contributed by atoms with Crippen molar-refractivity contribution in [1.82, 2.24) is 10.0 Å². The molecule has 42 heavy (non-hydrogen) atoms. The smallest absolute Gasteiger partial charge is 0.265 e. The Morgan fingerprint density at radius 1 is 1.00 bits per heavy atom. The van der Waals surface area contributed by atoms with Crippen molar-refractivity contribution in [1.29, 1.82) is 0 Å². The Labute approximate surface area is 260 Å². The Balaban J connectivity index is 1.12. The maximum absolute atomic E-state index is 12.6. The molecule has 0 aliphatic heterocycles. The van der Waals surface area contributed by atoms with Gasteiger partial charge in [-0.25, -0.2) is 13.1 Å². The fourth-order valence-electron chi connectivity index (χ4n) is 9.97. The van der Waals surface area contributed by atoms with Crippen LogP contribution in [-0.2, 0) is 19.6 Å². The lowest BCUT2D eigenvalue weighted by atomic mass is 9.44. The molecule has 0 heterocycles. The van der Waals surface area contributed by atoms with Crippen molar-refractivity contribution in [3.8, 4) is 0 Å². The predicted octanol–water partition coefficient (Wildman–Crippen LogP) is 6.35. The van der Waals surface area contributed by atoms with E-state index in [4.69, 9.17) is 23.2 Å². The van der Waals surface area contributed by atoms with Crippen molar-refractivity contribution >= 4 is 45.0 Å². The van der Waals surface area contributed by atoms with Gasteiger partial charge in [-0.2, -0.15) is 0 Å². The van der Waals surface area contributed by atoms with Gasteiger partial charge in [0.15, 0.2) is 0 Å². The predicted molar refractivity (Wildman–Crippen MR) is 164 cm³/mol. The largest absolute Gasteiger partial charge is 0.393 e. The number of carbonyl (C=O) groups is 2. The molecule has 4 saturated carbocycles. The summed E-state index contributed by atoms with van der Waals surface area (Å²) >= 11 is 11.9. The van der Waals surface area contributed by atoms with Gasteiger partial charge in [-0.05, 0) is 123 Å². The molecule has 0 spiro atoms. The van der Waals surface area contributed by atoms with Crippen LogP contribution in [0.5, 0.6) is 0 Å². The van der Waals surface area contributed by atoms with Gasteiger partial charge >= 0.3 is 0 Å². The third kappa shape index (κ3) is 5.99. The van der Waals surface area contributed by atoms with Crippen LogP contribution >= 0.6 is 23.2 Å². The number of hydrogen-bond donors (Lipinski definition) is 3. The van der Waals surface area contributed by atoms with Gasteiger partial charge in [0.25, 0.3) is 15.9 Å². The highest BCUT2D eigenvalue weighted by atomic mass is 35.5. The van der Waals surface area contributed by atoms with Crippen LogP contribution in [-0.4, -0.2) is 38.0 Å². The lowest BCUT2D eigenvalue weighted by molar-refractivity contribution is -0.130. The second-order valence-corrected chi connectivity index (χ2v) is 16.6. The minimum absolute atomic E-state index is 0.0662. The first-order chi connectivity index (χ1) is 19.8. The molecule has 4 aliphatic rings. The van der Waals surface area contributed by atoms with Crippen molar-refractivity contribution in [2.24, 2.45) is 46.3 Å². The molecule has 5 unspecified atom stereocenters. The van der Waals surface area contributed by atoms with E-state index >= 15 is 0 Å². The van der Waals surface area contributed by atoms with E-state index in [0.717, 1.165) is 43.4 Å². The van der Waals surface area contributed by atoms with Crippen LogP contribution in [0, 0.1) is 46.3 Å². The van der Waals surface area contributed by atoms with Crippen molar-refractivity contribution in [2.45, 2.75) is 102 Å². The van der Waals surface area contributed by atoms with Crippen molar-refractivity contribution in [2.75, 3.05) is 6.54 Å². The molecule has 7 nitrogen and oxygen atoms in total. The summed E-state index contributed by atoms with van der Waals surface area (Å²) < 4.78 is 27.1. The number of carbonyl (C=O) groups excluding carboxylic acids is 2. The number of sulfonamides is 1. The third-order valence-electron chi connectivity index (χ3n) is 12.1. The Hall–Kier alpha value is -1.35. The second-order valence-electron chi connectivity index (χ2n) is 14.2. The number of nitrogens with one attached hydrogen (secondary N) is 2. The van der Waals surface area contributed by atoms with Gasteiger partial charge in [0.1, 0.15) is 4.90 Å². The Kier molecular flexibility index (Phi) is 9.32. The van der Waals surface area contributed by atoms with Gasteiger partial charge in [-0.3, -0.25) is 9.59 Å². The van der Waals surface area contributed by atoms with E-state index in [1.807, 2.05) is 4.72 Å². The zero-order valence-corrected chi connectivity index (χ0v) is 27.3. The molecule has 5 rings (SSSR count). The average molecular weight is 642 g/mol. The van der Waals surface area contributed by atoms with E-state index in [2.05, 4.69) is 26.1 Å². The molecule has 9 atom stereocenters. The van der Waals surface area contributed by atoms with E-state index in [-0.39, 0.29) is 27.0 Å². The lowest BCUT2D eigenvalue weighted by Gasteiger charge is -2.61. The number of benzene rings is 1. The molecule has 0 bridgehead atoms. The van der Waals surface area contributed by atoms with Gasteiger partial charge in [0.2, 0.25) is 5.91 Å². The molecule has 234 valence electrons. The number of halogens is 2. The molecule has 10 heteroatoms. The summed E-state index contributed by atoms with van der Waals surface area (Å²) in [5.74, 6) is 2.81. The molecule has 0 radical (unpaired) electrons. The molecule has 0 aromatic heterocycles. The topological polar surface area (TPSA) is 113 Å². The molecule has 1 aromatic rings. The second kappa shape index (κ2) is 12.2. The number of rotatable bonds is 8. The number of hydrogen-bond acceptors (Lipinski definition) is 5. The van der Waals surface area contributed by atoms with Crippen LogP contribution < -0.4 is 10.0 Å². The highest BCUT2D eigenvalue weighted by Crippen LogP contribution is 2.68. The molecule has 4 aliphatic carbocycles. The summed E-state index contributed by atoms with van der Waals surface area (Å²) in [5.41, 5.74) is 0.668. The summed E-state index contributed by atoms with van der Waals surface area (Å²) in [6.07, 6.45) is 11.6. The normalized spacial score (nSPS) is 36.7. The quantitative estimate of drug-likeness (QED) is 0.306. The first-order valence-electron chi connectivity index (χ1n) is 15.7. The molecule has 0 saturated heterocycles.